The van der Waals surface area contributed by atoms with E-state index in [1.54, 1.807) is 0 Å². The Balaban J connectivity index is 2.01. The van der Waals surface area contributed by atoms with Crippen LogP contribution in [0, 0.1) is 0 Å². The number of hydrogen-bond donors (Lipinski definition) is 0. The molecule has 12 heavy (non-hydrogen) atoms. The summed E-state index contributed by atoms with van der Waals surface area (Å²) in [5.74, 6) is 0. The molecule has 0 N–H and O–H groups in total. The fourth-order valence-electron chi connectivity index (χ4n) is 1.21. The van der Waals surface area contributed by atoms with Crippen molar-refractivity contribution in [1.29, 1.82) is 0 Å². The van der Waals surface area contributed by atoms with Crippen molar-refractivity contribution in [1.82, 2.24) is 0 Å². The highest BCUT2D eigenvalue weighted by atomic mass is 35.5. The van der Waals surface area contributed by atoms with Crippen molar-refractivity contribution >= 4 is 11.6 Å². The van der Waals surface area contributed by atoms with E-state index in [9.17, 15) is 0 Å². The van der Waals surface area contributed by atoms with Gasteiger partial charge in [0.25, 0.3) is 0 Å². The molecule has 1 aliphatic heterocycles. The molecule has 2 nitrogen and oxygen atoms in total. The summed E-state index contributed by atoms with van der Waals surface area (Å²) in [6.45, 7) is 2.06. The van der Waals surface area contributed by atoms with Crippen LogP contribution in [-0.2, 0) is 4.74 Å². The Morgan fingerprint density at radius 1 is 1.50 bits per heavy atom. The predicted octanol–water partition coefficient (Wildman–Crippen LogP) is 1.48. The maximum atomic E-state index is 6.08. The molecule has 2 unspecified atom stereocenters. The van der Waals surface area contributed by atoms with Gasteiger partial charge in [0.15, 0.2) is 0 Å². The quantitative estimate of drug-likeness (QED) is 0.365. The van der Waals surface area contributed by atoms with Gasteiger partial charge in [-0.15, -0.1) is 11.6 Å². The van der Waals surface area contributed by atoms with Crippen LogP contribution in [0.25, 0.3) is 0 Å². The summed E-state index contributed by atoms with van der Waals surface area (Å²) in [6.07, 6.45) is 2.64. The summed E-state index contributed by atoms with van der Waals surface area (Å²) < 4.78 is 6.14. The maximum absolute atomic E-state index is 6.08. The van der Waals surface area contributed by atoms with E-state index in [2.05, 4.69) is 21.1 Å². The number of epoxide rings is 1. The summed E-state index contributed by atoms with van der Waals surface area (Å²) in [5.41, 5.74) is 0. The van der Waals surface area contributed by atoms with Crippen LogP contribution in [-0.4, -0.2) is 50.3 Å². The summed E-state index contributed by atoms with van der Waals surface area (Å²) in [6, 6.07) is 0. The van der Waals surface area contributed by atoms with Gasteiger partial charge in [-0.1, -0.05) is 0 Å². The topological polar surface area (TPSA) is 12.5 Å². The number of nitrogens with zero attached hydrogens (tertiary/aromatic N) is 1. The standard InChI is InChI=1S/C9H19ClNO/c1-11(2,3)6-4-5-8(10)9-7-12-9/h8-9H,4-7H2,1-3H3/q+1. The molecule has 0 aromatic carbocycles. The minimum Gasteiger partial charge on any atom is -0.372 e. The normalized spacial score (nSPS) is 25.5. The Hall–Kier alpha value is 0.210. The second kappa shape index (κ2) is 3.95. The summed E-state index contributed by atoms with van der Waals surface area (Å²) in [4.78, 5) is 0. The molecule has 0 aliphatic carbocycles. The van der Waals surface area contributed by atoms with E-state index in [4.69, 9.17) is 16.3 Å². The minimum absolute atomic E-state index is 0.247. The predicted molar refractivity (Wildman–Crippen MR) is 51.5 cm³/mol. The lowest BCUT2D eigenvalue weighted by molar-refractivity contribution is -0.870. The molecule has 0 aromatic heterocycles. The van der Waals surface area contributed by atoms with E-state index in [1.165, 1.54) is 13.0 Å². The number of alkyl halides is 1. The molecule has 1 aliphatic rings. The Kier molecular flexibility index (Phi) is 3.38. The number of ether oxygens (including phenoxy) is 1. The van der Waals surface area contributed by atoms with Crippen LogP contribution in [0.4, 0.5) is 0 Å². The van der Waals surface area contributed by atoms with Crippen LogP contribution < -0.4 is 0 Å². The van der Waals surface area contributed by atoms with Crippen LogP contribution in [0.2, 0.25) is 0 Å². The number of rotatable bonds is 5. The number of hydrogen-bond acceptors (Lipinski definition) is 1. The van der Waals surface area contributed by atoms with Gasteiger partial charge < -0.3 is 9.22 Å². The molecule has 0 saturated carbocycles. The van der Waals surface area contributed by atoms with Crippen LogP contribution in [0.1, 0.15) is 12.8 Å². The van der Waals surface area contributed by atoms with Crippen LogP contribution in [0.5, 0.6) is 0 Å². The van der Waals surface area contributed by atoms with Crippen molar-refractivity contribution in [2.75, 3.05) is 34.3 Å². The third-order valence-corrected chi connectivity index (χ3v) is 2.57. The van der Waals surface area contributed by atoms with Gasteiger partial charge in [-0.2, -0.15) is 0 Å². The molecule has 72 valence electrons. The lowest BCUT2D eigenvalue weighted by Crippen LogP contribution is -2.35. The highest BCUT2D eigenvalue weighted by Crippen LogP contribution is 2.22. The molecule has 3 heteroatoms. The van der Waals surface area contributed by atoms with Crippen LogP contribution in [0.15, 0.2) is 0 Å². The van der Waals surface area contributed by atoms with Crippen molar-refractivity contribution in [2.24, 2.45) is 0 Å². The van der Waals surface area contributed by atoms with Gasteiger partial charge in [0.1, 0.15) is 0 Å². The third-order valence-electron chi connectivity index (χ3n) is 2.07. The third kappa shape index (κ3) is 4.29. The summed E-state index contributed by atoms with van der Waals surface area (Å²) >= 11 is 6.08. The van der Waals surface area contributed by atoms with Gasteiger partial charge in [-0.3, -0.25) is 0 Å². The SMILES string of the molecule is C[N+](C)(C)CCCC(Cl)C1CO1. The van der Waals surface area contributed by atoms with Crippen molar-refractivity contribution in [3.63, 3.8) is 0 Å². The molecule has 1 rings (SSSR count). The van der Waals surface area contributed by atoms with Gasteiger partial charge in [0.2, 0.25) is 0 Å². The molecule has 1 fully saturated rings. The summed E-state index contributed by atoms with van der Waals surface area (Å²) in [5, 5.41) is 0.247. The van der Waals surface area contributed by atoms with E-state index < -0.39 is 0 Å². The Morgan fingerprint density at radius 2 is 2.08 bits per heavy atom. The zero-order chi connectivity index (χ0) is 9.19. The Morgan fingerprint density at radius 3 is 2.50 bits per heavy atom. The van der Waals surface area contributed by atoms with E-state index >= 15 is 0 Å². The van der Waals surface area contributed by atoms with Crippen molar-refractivity contribution < 1.29 is 9.22 Å². The molecular weight excluding hydrogens is 174 g/mol. The van der Waals surface area contributed by atoms with Gasteiger partial charge in [0.05, 0.1) is 45.8 Å². The lowest BCUT2D eigenvalue weighted by atomic mass is 10.2. The molecule has 1 heterocycles. The van der Waals surface area contributed by atoms with Crippen molar-refractivity contribution in [3.05, 3.63) is 0 Å². The molecule has 0 aromatic rings. The zero-order valence-corrected chi connectivity index (χ0v) is 8.97. The molecular formula is C9H19ClNO+. The van der Waals surface area contributed by atoms with Crippen LogP contribution >= 0.6 is 11.6 Å². The Labute approximate surface area is 80.0 Å². The fourth-order valence-corrected chi connectivity index (χ4v) is 1.51. The van der Waals surface area contributed by atoms with Gasteiger partial charge in [-0.25, -0.2) is 0 Å². The average molecular weight is 193 g/mol. The highest BCUT2D eigenvalue weighted by molar-refractivity contribution is 6.21. The van der Waals surface area contributed by atoms with E-state index in [0.29, 0.717) is 6.10 Å². The van der Waals surface area contributed by atoms with E-state index in [1.807, 2.05) is 0 Å². The highest BCUT2D eigenvalue weighted by Gasteiger charge is 2.30. The monoisotopic (exact) mass is 192 g/mol. The molecule has 0 spiro atoms. The Bertz CT molecular complexity index is 140. The molecule has 0 amide bonds. The first-order valence-corrected chi connectivity index (χ1v) is 4.99. The minimum atomic E-state index is 0.247. The number of quaternary nitrogens is 1. The second-order valence-corrected chi connectivity index (χ2v) is 5.10. The molecule has 0 bridgehead atoms. The van der Waals surface area contributed by atoms with Gasteiger partial charge in [-0.05, 0) is 12.8 Å². The van der Waals surface area contributed by atoms with Crippen LogP contribution in [0.3, 0.4) is 0 Å². The zero-order valence-electron chi connectivity index (χ0n) is 8.22. The van der Waals surface area contributed by atoms with E-state index in [0.717, 1.165) is 17.5 Å². The van der Waals surface area contributed by atoms with E-state index in [-0.39, 0.29) is 5.38 Å². The van der Waals surface area contributed by atoms with Crippen molar-refractivity contribution in [3.8, 4) is 0 Å². The molecule has 2 atom stereocenters. The lowest BCUT2D eigenvalue weighted by Gasteiger charge is -2.24. The summed E-state index contributed by atoms with van der Waals surface area (Å²) in [7, 11) is 6.62. The first-order valence-electron chi connectivity index (χ1n) is 4.55. The number of halogens is 1. The first-order chi connectivity index (χ1) is 5.49. The van der Waals surface area contributed by atoms with Gasteiger partial charge >= 0.3 is 0 Å². The second-order valence-electron chi connectivity index (χ2n) is 4.54. The van der Waals surface area contributed by atoms with Gasteiger partial charge in [0, 0.05) is 0 Å². The largest absolute Gasteiger partial charge is 0.372 e. The fraction of sp³-hybridized carbons (Fsp3) is 1.00. The average Bonchev–Trinajstić information content (AvgIpc) is 2.64. The molecule has 0 radical (unpaired) electrons. The van der Waals surface area contributed by atoms with Crippen molar-refractivity contribution in [2.45, 2.75) is 24.3 Å². The molecule has 1 saturated heterocycles. The maximum Gasteiger partial charge on any atom is 0.0973 e. The first kappa shape index (κ1) is 10.3. The smallest absolute Gasteiger partial charge is 0.0973 e.